The average Bonchev–Trinajstić information content (AvgIpc) is 2.22. The van der Waals surface area contributed by atoms with Crippen LogP contribution in [-0.2, 0) is 9.59 Å². The van der Waals surface area contributed by atoms with Crippen LogP contribution in [0.4, 0.5) is 0 Å². The molecule has 0 aliphatic heterocycles. The van der Waals surface area contributed by atoms with Gasteiger partial charge in [0, 0.05) is 17.9 Å². The second-order valence-corrected chi connectivity index (χ2v) is 5.10. The number of allylic oxidation sites excluding steroid dienone is 1. The van der Waals surface area contributed by atoms with Crippen LogP contribution in [0.2, 0.25) is 0 Å². The summed E-state index contributed by atoms with van der Waals surface area (Å²) in [5, 5.41) is 11.5. The number of carbonyl (C=O) groups is 2. The standard InChI is InChI=1S/C12H21NO3S/c1-4-5-11(14)13-10(12(15)16)8-17-7-6-9(2)3/h6,10H,4-5,7-8H2,1-3H3,(H,13,14)(H,15,16). The number of hydrogen-bond acceptors (Lipinski definition) is 3. The molecule has 17 heavy (non-hydrogen) atoms. The molecule has 5 heteroatoms. The van der Waals surface area contributed by atoms with E-state index in [9.17, 15) is 9.59 Å². The van der Waals surface area contributed by atoms with E-state index >= 15 is 0 Å². The minimum atomic E-state index is -0.973. The fourth-order valence-corrected chi connectivity index (χ4v) is 2.13. The Labute approximate surface area is 107 Å². The SMILES string of the molecule is CCCC(=O)NC(CSCC=C(C)C)C(=O)O. The molecule has 0 rings (SSSR count). The van der Waals surface area contributed by atoms with E-state index in [0.29, 0.717) is 12.2 Å². The largest absolute Gasteiger partial charge is 0.480 e. The number of amides is 1. The third-order valence-electron chi connectivity index (χ3n) is 2.00. The Bertz CT molecular complexity index is 285. The van der Waals surface area contributed by atoms with E-state index in [1.54, 1.807) is 0 Å². The van der Waals surface area contributed by atoms with Crippen LogP contribution >= 0.6 is 11.8 Å². The highest BCUT2D eigenvalue weighted by molar-refractivity contribution is 7.99. The second-order valence-electron chi connectivity index (χ2n) is 4.03. The fourth-order valence-electron chi connectivity index (χ4n) is 1.08. The van der Waals surface area contributed by atoms with Crippen molar-refractivity contribution < 1.29 is 14.7 Å². The second kappa shape index (κ2) is 9.10. The molecule has 2 N–H and O–H groups in total. The van der Waals surface area contributed by atoms with Crippen molar-refractivity contribution in [3.8, 4) is 0 Å². The van der Waals surface area contributed by atoms with Gasteiger partial charge in [0.15, 0.2) is 0 Å². The van der Waals surface area contributed by atoms with Crippen LogP contribution < -0.4 is 5.32 Å². The van der Waals surface area contributed by atoms with Crippen LogP contribution in [-0.4, -0.2) is 34.5 Å². The van der Waals surface area contributed by atoms with Crippen molar-refractivity contribution >= 4 is 23.6 Å². The molecule has 4 nitrogen and oxygen atoms in total. The van der Waals surface area contributed by atoms with Gasteiger partial charge in [0.2, 0.25) is 5.91 Å². The fraction of sp³-hybridized carbons (Fsp3) is 0.667. The van der Waals surface area contributed by atoms with E-state index < -0.39 is 12.0 Å². The van der Waals surface area contributed by atoms with E-state index in [1.807, 2.05) is 26.8 Å². The van der Waals surface area contributed by atoms with Gasteiger partial charge in [-0.1, -0.05) is 18.6 Å². The first-order chi connectivity index (χ1) is 7.97. The Morgan fingerprint density at radius 3 is 2.53 bits per heavy atom. The lowest BCUT2D eigenvalue weighted by Crippen LogP contribution is -2.42. The molecule has 0 saturated carbocycles. The van der Waals surface area contributed by atoms with Crippen molar-refractivity contribution in [1.82, 2.24) is 5.32 Å². The summed E-state index contributed by atoms with van der Waals surface area (Å²) in [6, 6.07) is -0.787. The Morgan fingerprint density at radius 2 is 2.06 bits per heavy atom. The summed E-state index contributed by atoms with van der Waals surface area (Å²) in [5.41, 5.74) is 1.21. The van der Waals surface area contributed by atoms with Gasteiger partial charge < -0.3 is 10.4 Å². The Kier molecular flexibility index (Phi) is 8.58. The number of carboxylic acid groups (broad SMARTS) is 1. The molecule has 0 radical (unpaired) electrons. The quantitative estimate of drug-likeness (QED) is 0.517. The maximum absolute atomic E-state index is 11.3. The predicted octanol–water partition coefficient (Wildman–Crippen LogP) is 2.06. The zero-order valence-corrected chi connectivity index (χ0v) is 11.5. The maximum Gasteiger partial charge on any atom is 0.327 e. The molecule has 0 aromatic rings. The van der Waals surface area contributed by atoms with E-state index in [2.05, 4.69) is 5.32 Å². The minimum absolute atomic E-state index is 0.192. The van der Waals surface area contributed by atoms with Crippen molar-refractivity contribution in [2.45, 2.75) is 39.7 Å². The molecular formula is C12H21NO3S. The Hall–Kier alpha value is -0.970. The number of hydrogen-bond donors (Lipinski definition) is 2. The topological polar surface area (TPSA) is 66.4 Å². The van der Waals surface area contributed by atoms with Crippen molar-refractivity contribution in [2.24, 2.45) is 0 Å². The zero-order valence-electron chi connectivity index (χ0n) is 10.7. The lowest BCUT2D eigenvalue weighted by Gasteiger charge is -2.13. The highest BCUT2D eigenvalue weighted by Gasteiger charge is 2.18. The summed E-state index contributed by atoms with van der Waals surface area (Å²) in [6.45, 7) is 5.88. The van der Waals surface area contributed by atoms with Crippen LogP contribution in [0.1, 0.15) is 33.6 Å². The number of aliphatic carboxylic acids is 1. The molecule has 0 aliphatic carbocycles. The van der Waals surface area contributed by atoms with Gasteiger partial charge in [0.05, 0.1) is 0 Å². The van der Waals surface area contributed by atoms with Crippen LogP contribution in [0.5, 0.6) is 0 Å². The number of thioether (sulfide) groups is 1. The van der Waals surface area contributed by atoms with Crippen LogP contribution in [0, 0.1) is 0 Å². The smallest absolute Gasteiger partial charge is 0.327 e. The monoisotopic (exact) mass is 259 g/mol. The molecule has 98 valence electrons. The molecule has 0 heterocycles. The van der Waals surface area contributed by atoms with Gasteiger partial charge in [0.1, 0.15) is 6.04 Å². The lowest BCUT2D eigenvalue weighted by molar-refractivity contribution is -0.141. The summed E-state index contributed by atoms with van der Waals surface area (Å²) in [6.07, 6.45) is 3.14. The summed E-state index contributed by atoms with van der Waals surface area (Å²) >= 11 is 1.51. The predicted molar refractivity (Wildman–Crippen MR) is 71.2 cm³/mol. The normalized spacial score (nSPS) is 11.7. The number of nitrogens with one attached hydrogen (secondary N) is 1. The third kappa shape index (κ3) is 8.80. The molecule has 1 amide bonds. The van der Waals surface area contributed by atoms with Crippen molar-refractivity contribution in [2.75, 3.05) is 11.5 Å². The van der Waals surface area contributed by atoms with Crippen molar-refractivity contribution in [3.63, 3.8) is 0 Å². The van der Waals surface area contributed by atoms with Gasteiger partial charge in [0.25, 0.3) is 0 Å². The summed E-state index contributed by atoms with van der Waals surface area (Å²) in [4.78, 5) is 22.2. The van der Waals surface area contributed by atoms with Gasteiger partial charge in [-0.05, 0) is 20.3 Å². The summed E-state index contributed by atoms with van der Waals surface area (Å²) in [7, 11) is 0. The molecule has 1 atom stereocenters. The van der Waals surface area contributed by atoms with E-state index in [0.717, 1.165) is 12.2 Å². The number of carboxylic acids is 1. The van der Waals surface area contributed by atoms with E-state index in [1.165, 1.54) is 17.3 Å². The average molecular weight is 259 g/mol. The van der Waals surface area contributed by atoms with Crippen LogP contribution in [0.25, 0.3) is 0 Å². The third-order valence-corrected chi connectivity index (χ3v) is 2.98. The first kappa shape index (κ1) is 16.0. The minimum Gasteiger partial charge on any atom is -0.480 e. The first-order valence-corrected chi connectivity index (χ1v) is 6.86. The molecule has 0 bridgehead atoms. The van der Waals surface area contributed by atoms with E-state index in [4.69, 9.17) is 5.11 Å². The van der Waals surface area contributed by atoms with Gasteiger partial charge >= 0.3 is 5.97 Å². The molecule has 0 aromatic carbocycles. The molecule has 0 fully saturated rings. The summed E-state index contributed by atoms with van der Waals surface area (Å²) < 4.78 is 0. The van der Waals surface area contributed by atoms with Gasteiger partial charge in [-0.15, -0.1) is 0 Å². The van der Waals surface area contributed by atoms with E-state index in [-0.39, 0.29) is 5.91 Å². The Morgan fingerprint density at radius 1 is 1.41 bits per heavy atom. The van der Waals surface area contributed by atoms with Crippen LogP contribution in [0.3, 0.4) is 0 Å². The highest BCUT2D eigenvalue weighted by atomic mass is 32.2. The van der Waals surface area contributed by atoms with Crippen LogP contribution in [0.15, 0.2) is 11.6 Å². The van der Waals surface area contributed by atoms with Gasteiger partial charge in [-0.25, -0.2) is 4.79 Å². The molecule has 0 spiro atoms. The highest BCUT2D eigenvalue weighted by Crippen LogP contribution is 2.06. The molecular weight excluding hydrogens is 238 g/mol. The summed E-state index contributed by atoms with van der Waals surface area (Å²) in [5.74, 6) is 0.00602. The number of carbonyl (C=O) groups excluding carboxylic acids is 1. The zero-order chi connectivity index (χ0) is 13.3. The van der Waals surface area contributed by atoms with Gasteiger partial charge in [-0.2, -0.15) is 11.8 Å². The first-order valence-electron chi connectivity index (χ1n) is 5.70. The lowest BCUT2D eigenvalue weighted by atomic mass is 10.3. The Balaban J connectivity index is 4.03. The molecule has 1 unspecified atom stereocenters. The van der Waals surface area contributed by atoms with Crippen molar-refractivity contribution in [1.29, 1.82) is 0 Å². The molecule has 0 aliphatic rings. The number of rotatable bonds is 8. The van der Waals surface area contributed by atoms with Gasteiger partial charge in [-0.3, -0.25) is 4.79 Å². The van der Waals surface area contributed by atoms with Crippen molar-refractivity contribution in [3.05, 3.63) is 11.6 Å². The molecule has 0 saturated heterocycles. The maximum atomic E-state index is 11.3. The molecule has 0 aromatic heterocycles.